The molecule has 0 aliphatic carbocycles. The molecule has 0 bridgehead atoms. The molecule has 78 valence electrons. The Hall–Kier alpha value is -0.690. The summed E-state index contributed by atoms with van der Waals surface area (Å²) in [6.45, 7) is 2.41. The number of rotatable bonds is 1. The van der Waals surface area contributed by atoms with Gasteiger partial charge in [-0.3, -0.25) is 0 Å². The minimum atomic E-state index is 1.10. The number of hydrogen-bond acceptors (Lipinski definition) is 1. The summed E-state index contributed by atoms with van der Waals surface area (Å²) in [4.78, 5) is 2.46. The molecule has 0 spiro atoms. The SMILES string of the molecule is IC#Cc1ccc(N2CCCCC2)cc1. The molecule has 1 aliphatic heterocycles. The van der Waals surface area contributed by atoms with Crippen molar-refractivity contribution >= 4 is 28.3 Å². The van der Waals surface area contributed by atoms with E-state index in [1.165, 1.54) is 38.0 Å². The van der Waals surface area contributed by atoms with Crippen molar-refractivity contribution in [2.45, 2.75) is 19.3 Å². The third-order valence-corrected chi connectivity index (χ3v) is 3.05. The number of nitrogens with zero attached hydrogens (tertiary/aromatic N) is 1. The van der Waals surface area contributed by atoms with Crippen LogP contribution in [0, 0.1) is 9.85 Å². The van der Waals surface area contributed by atoms with Crippen molar-refractivity contribution in [3.63, 3.8) is 0 Å². The van der Waals surface area contributed by atoms with Gasteiger partial charge in [-0.2, -0.15) is 0 Å². The van der Waals surface area contributed by atoms with Crippen molar-refractivity contribution in [2.75, 3.05) is 18.0 Å². The Morgan fingerprint density at radius 2 is 1.67 bits per heavy atom. The molecular weight excluding hydrogens is 297 g/mol. The molecule has 1 heterocycles. The Bertz CT molecular complexity index is 366. The zero-order valence-corrected chi connectivity index (χ0v) is 10.8. The van der Waals surface area contributed by atoms with Gasteiger partial charge in [-0.15, -0.1) is 0 Å². The molecule has 15 heavy (non-hydrogen) atoms. The van der Waals surface area contributed by atoms with E-state index in [0.29, 0.717) is 0 Å². The number of piperidine rings is 1. The third-order valence-electron chi connectivity index (χ3n) is 2.78. The summed E-state index contributed by atoms with van der Waals surface area (Å²) in [5.74, 6) is 3.06. The fourth-order valence-corrected chi connectivity index (χ4v) is 2.27. The van der Waals surface area contributed by atoms with E-state index in [1.807, 2.05) is 0 Å². The first kappa shape index (κ1) is 10.8. The van der Waals surface area contributed by atoms with Gasteiger partial charge in [0.2, 0.25) is 0 Å². The fraction of sp³-hybridized carbons (Fsp3) is 0.385. The third kappa shape index (κ3) is 2.88. The second-order valence-electron chi connectivity index (χ2n) is 3.81. The van der Waals surface area contributed by atoms with E-state index in [4.69, 9.17) is 0 Å². The molecule has 0 aromatic heterocycles. The molecular formula is C13H14IN. The molecule has 1 fully saturated rings. The van der Waals surface area contributed by atoms with Gasteiger partial charge in [0.15, 0.2) is 0 Å². The Balaban J connectivity index is 2.10. The largest absolute Gasteiger partial charge is 0.372 e. The second kappa shape index (κ2) is 5.41. The summed E-state index contributed by atoms with van der Waals surface area (Å²) in [6, 6.07) is 8.58. The monoisotopic (exact) mass is 311 g/mol. The van der Waals surface area contributed by atoms with Crippen molar-refractivity contribution in [2.24, 2.45) is 0 Å². The quantitative estimate of drug-likeness (QED) is 0.567. The highest BCUT2D eigenvalue weighted by Crippen LogP contribution is 2.19. The van der Waals surface area contributed by atoms with Gasteiger partial charge in [0.25, 0.3) is 0 Å². The maximum atomic E-state index is 3.06. The van der Waals surface area contributed by atoms with E-state index >= 15 is 0 Å². The summed E-state index contributed by atoms with van der Waals surface area (Å²) in [5.41, 5.74) is 2.44. The molecule has 1 aromatic rings. The highest BCUT2D eigenvalue weighted by atomic mass is 127. The predicted octanol–water partition coefficient (Wildman–Crippen LogP) is 3.42. The van der Waals surface area contributed by atoms with Crippen LogP contribution in [-0.2, 0) is 0 Å². The van der Waals surface area contributed by atoms with Crippen molar-refractivity contribution in [1.29, 1.82) is 0 Å². The van der Waals surface area contributed by atoms with Crippen LogP contribution < -0.4 is 4.90 Å². The lowest BCUT2D eigenvalue weighted by Crippen LogP contribution is -2.29. The Kier molecular flexibility index (Phi) is 3.90. The van der Waals surface area contributed by atoms with Gasteiger partial charge in [0, 0.05) is 46.9 Å². The van der Waals surface area contributed by atoms with Crippen molar-refractivity contribution in [3.8, 4) is 9.85 Å². The van der Waals surface area contributed by atoms with Crippen LogP contribution >= 0.6 is 22.6 Å². The minimum Gasteiger partial charge on any atom is -0.372 e. The highest BCUT2D eigenvalue weighted by molar-refractivity contribution is 14.1. The Morgan fingerprint density at radius 1 is 1.00 bits per heavy atom. The summed E-state index contributed by atoms with van der Waals surface area (Å²) in [5, 5.41) is 0. The average Bonchev–Trinajstić information content (AvgIpc) is 2.32. The van der Waals surface area contributed by atoms with Crippen LogP contribution in [0.1, 0.15) is 24.8 Å². The molecule has 0 radical (unpaired) electrons. The molecule has 2 rings (SSSR count). The van der Waals surface area contributed by atoms with Crippen LogP contribution in [0.2, 0.25) is 0 Å². The lowest BCUT2D eigenvalue weighted by atomic mass is 10.1. The van der Waals surface area contributed by atoms with Crippen LogP contribution in [-0.4, -0.2) is 13.1 Å². The summed E-state index contributed by atoms with van der Waals surface area (Å²) >= 11 is 2.07. The van der Waals surface area contributed by atoms with Gasteiger partial charge < -0.3 is 4.90 Å². The van der Waals surface area contributed by atoms with Crippen LogP contribution in [0.25, 0.3) is 0 Å². The lowest BCUT2D eigenvalue weighted by Gasteiger charge is -2.28. The predicted molar refractivity (Wildman–Crippen MR) is 73.4 cm³/mol. The lowest BCUT2D eigenvalue weighted by molar-refractivity contribution is 0.578. The van der Waals surface area contributed by atoms with Gasteiger partial charge in [-0.25, -0.2) is 0 Å². The zero-order valence-electron chi connectivity index (χ0n) is 8.67. The molecule has 0 saturated carbocycles. The van der Waals surface area contributed by atoms with Crippen LogP contribution in [0.5, 0.6) is 0 Å². The number of benzene rings is 1. The van der Waals surface area contributed by atoms with Crippen LogP contribution in [0.4, 0.5) is 5.69 Å². The molecule has 1 nitrogen and oxygen atoms in total. The first-order valence-corrected chi connectivity index (χ1v) is 6.45. The highest BCUT2D eigenvalue weighted by Gasteiger charge is 2.09. The van der Waals surface area contributed by atoms with Gasteiger partial charge in [0.1, 0.15) is 0 Å². The summed E-state index contributed by atoms with van der Waals surface area (Å²) in [6.07, 6.45) is 4.04. The second-order valence-corrected chi connectivity index (χ2v) is 4.35. The van der Waals surface area contributed by atoms with Crippen LogP contribution in [0.15, 0.2) is 24.3 Å². The van der Waals surface area contributed by atoms with Gasteiger partial charge in [-0.05, 0) is 47.5 Å². The zero-order chi connectivity index (χ0) is 10.5. The van der Waals surface area contributed by atoms with Crippen molar-refractivity contribution in [3.05, 3.63) is 29.8 Å². The molecule has 2 heteroatoms. The average molecular weight is 311 g/mol. The maximum absolute atomic E-state index is 3.06. The van der Waals surface area contributed by atoms with E-state index in [1.54, 1.807) is 0 Å². The topological polar surface area (TPSA) is 3.24 Å². The van der Waals surface area contributed by atoms with Gasteiger partial charge in [0.05, 0.1) is 0 Å². The summed E-state index contributed by atoms with van der Waals surface area (Å²) in [7, 11) is 0. The van der Waals surface area contributed by atoms with E-state index in [0.717, 1.165) is 5.56 Å². The van der Waals surface area contributed by atoms with E-state index in [9.17, 15) is 0 Å². The first-order chi connectivity index (χ1) is 7.40. The number of hydrogen-bond donors (Lipinski definition) is 0. The first-order valence-electron chi connectivity index (χ1n) is 5.37. The molecule has 1 aromatic carbocycles. The van der Waals surface area contributed by atoms with Crippen molar-refractivity contribution in [1.82, 2.24) is 0 Å². The molecule has 0 atom stereocenters. The van der Waals surface area contributed by atoms with E-state index in [-0.39, 0.29) is 0 Å². The van der Waals surface area contributed by atoms with E-state index in [2.05, 4.69) is 61.6 Å². The number of anilines is 1. The number of halogens is 1. The molecule has 1 aliphatic rings. The normalized spacial score (nSPS) is 15.7. The maximum Gasteiger partial charge on any atom is 0.0367 e. The van der Waals surface area contributed by atoms with E-state index < -0.39 is 0 Å². The molecule has 0 N–H and O–H groups in total. The Labute approximate surface area is 105 Å². The molecule has 0 unspecified atom stereocenters. The van der Waals surface area contributed by atoms with Gasteiger partial charge in [-0.1, -0.05) is 5.92 Å². The van der Waals surface area contributed by atoms with Gasteiger partial charge >= 0.3 is 0 Å². The molecule has 0 amide bonds. The molecule has 1 saturated heterocycles. The standard InChI is InChI=1S/C13H14IN/c14-9-8-12-4-6-13(7-5-12)15-10-2-1-3-11-15/h4-7H,1-3,10-11H2. The van der Waals surface area contributed by atoms with Crippen LogP contribution in [0.3, 0.4) is 0 Å². The smallest absolute Gasteiger partial charge is 0.0367 e. The summed E-state index contributed by atoms with van der Waals surface area (Å²) < 4.78 is 2.89. The van der Waals surface area contributed by atoms with Crippen molar-refractivity contribution < 1.29 is 0 Å². The fourth-order valence-electron chi connectivity index (χ4n) is 1.96. The Morgan fingerprint density at radius 3 is 2.27 bits per heavy atom. The minimum absolute atomic E-state index is 1.10.